The van der Waals surface area contributed by atoms with Gasteiger partial charge < -0.3 is 15.4 Å². The summed E-state index contributed by atoms with van der Waals surface area (Å²) in [6.07, 6.45) is 2.31. The molecule has 0 saturated carbocycles. The van der Waals surface area contributed by atoms with Gasteiger partial charge in [-0.1, -0.05) is 18.2 Å². The molecule has 0 bridgehead atoms. The van der Waals surface area contributed by atoms with Crippen molar-refractivity contribution in [2.75, 3.05) is 19.7 Å². The molecule has 1 spiro atoms. The molecule has 4 amide bonds. The second-order valence-electron chi connectivity index (χ2n) is 6.85. The number of nitrogens with one attached hydrogen (secondary N) is 2. The highest BCUT2D eigenvalue weighted by atomic mass is 32.1. The van der Waals surface area contributed by atoms with Crippen LogP contribution in [0.4, 0.5) is 4.79 Å². The van der Waals surface area contributed by atoms with Gasteiger partial charge in [-0.2, -0.15) is 0 Å². The molecule has 1 fully saturated rings. The zero-order chi connectivity index (χ0) is 19.6. The molecular weight excluding hydrogens is 378 g/mol. The summed E-state index contributed by atoms with van der Waals surface area (Å²) in [5.41, 5.74) is -0.136. The predicted molar refractivity (Wildman–Crippen MR) is 104 cm³/mol. The van der Waals surface area contributed by atoms with Crippen molar-refractivity contribution in [3.8, 4) is 5.75 Å². The second kappa shape index (κ2) is 7.63. The SMILES string of the molecule is O=C(CN1C(=O)N[C@@]2(CCCc3sccc32)C1=O)NCCOc1ccccc1. The minimum absolute atomic E-state index is 0.289. The number of carbonyl (C=O) groups excluding carboxylic acids is 3. The van der Waals surface area contributed by atoms with Crippen LogP contribution < -0.4 is 15.4 Å². The van der Waals surface area contributed by atoms with Crippen LogP contribution in [0, 0.1) is 0 Å². The average molecular weight is 399 g/mol. The van der Waals surface area contributed by atoms with Crippen molar-refractivity contribution >= 4 is 29.2 Å². The molecule has 8 heteroatoms. The third-order valence-electron chi connectivity index (χ3n) is 5.07. The number of hydrogen-bond acceptors (Lipinski definition) is 5. The fraction of sp³-hybridized carbons (Fsp3) is 0.350. The topological polar surface area (TPSA) is 87.7 Å². The van der Waals surface area contributed by atoms with E-state index in [9.17, 15) is 14.4 Å². The molecule has 146 valence electrons. The van der Waals surface area contributed by atoms with Crippen molar-refractivity contribution in [1.29, 1.82) is 0 Å². The molecule has 1 saturated heterocycles. The number of aryl methyl sites for hydroxylation is 1. The first-order valence-electron chi connectivity index (χ1n) is 9.26. The molecule has 0 radical (unpaired) electrons. The largest absolute Gasteiger partial charge is 0.492 e. The van der Waals surface area contributed by atoms with Gasteiger partial charge in [0.25, 0.3) is 5.91 Å². The van der Waals surface area contributed by atoms with Crippen molar-refractivity contribution in [1.82, 2.24) is 15.5 Å². The summed E-state index contributed by atoms with van der Waals surface area (Å²) in [4.78, 5) is 39.9. The number of ether oxygens (including phenoxy) is 1. The quantitative estimate of drug-likeness (QED) is 0.575. The van der Waals surface area contributed by atoms with Gasteiger partial charge in [-0.25, -0.2) is 4.79 Å². The maximum Gasteiger partial charge on any atom is 0.325 e. The van der Waals surface area contributed by atoms with Crippen LogP contribution in [0.5, 0.6) is 5.75 Å². The van der Waals surface area contributed by atoms with Crippen LogP contribution in [0.3, 0.4) is 0 Å². The van der Waals surface area contributed by atoms with Crippen molar-refractivity contribution in [2.45, 2.75) is 24.8 Å². The Kier molecular flexibility index (Phi) is 5.04. The van der Waals surface area contributed by atoms with E-state index in [-0.39, 0.29) is 19.0 Å². The molecule has 7 nitrogen and oxygen atoms in total. The van der Waals surface area contributed by atoms with Crippen LogP contribution in [-0.2, 0) is 21.5 Å². The Bertz CT molecular complexity index is 898. The Morgan fingerprint density at radius 3 is 2.89 bits per heavy atom. The molecule has 4 rings (SSSR count). The zero-order valence-corrected chi connectivity index (χ0v) is 16.1. The highest BCUT2D eigenvalue weighted by Gasteiger charge is 2.54. The molecule has 1 atom stereocenters. The van der Waals surface area contributed by atoms with Crippen LogP contribution in [0.2, 0.25) is 0 Å². The van der Waals surface area contributed by atoms with Gasteiger partial charge in [0.2, 0.25) is 5.91 Å². The molecule has 1 aliphatic heterocycles. The Hall–Kier alpha value is -2.87. The van der Waals surface area contributed by atoms with E-state index in [4.69, 9.17) is 4.74 Å². The summed E-state index contributed by atoms with van der Waals surface area (Å²) in [5.74, 6) is -0.0113. The Morgan fingerprint density at radius 1 is 1.25 bits per heavy atom. The van der Waals surface area contributed by atoms with Gasteiger partial charge in [-0.3, -0.25) is 14.5 Å². The summed E-state index contributed by atoms with van der Waals surface area (Å²) in [6.45, 7) is 0.298. The van der Waals surface area contributed by atoms with Gasteiger partial charge in [0.1, 0.15) is 24.4 Å². The molecule has 1 aliphatic carbocycles. The summed E-state index contributed by atoms with van der Waals surface area (Å²) in [7, 11) is 0. The molecular formula is C20H21N3O4S. The maximum absolute atomic E-state index is 13.0. The number of thiophene rings is 1. The molecule has 2 aliphatic rings. The van der Waals surface area contributed by atoms with Crippen LogP contribution in [0.25, 0.3) is 0 Å². The lowest BCUT2D eigenvalue weighted by atomic mass is 9.80. The van der Waals surface area contributed by atoms with Gasteiger partial charge in [-0.15, -0.1) is 11.3 Å². The van der Waals surface area contributed by atoms with E-state index in [1.54, 1.807) is 11.3 Å². The van der Waals surface area contributed by atoms with Crippen molar-refractivity contribution in [3.05, 3.63) is 52.2 Å². The fourth-order valence-corrected chi connectivity index (χ4v) is 4.76. The standard InChI is InChI=1S/C20H21N3O4S/c24-17(21-10-11-27-14-5-2-1-3-6-14)13-23-18(25)20(22-19(23)26)9-4-7-16-15(20)8-12-28-16/h1-3,5-6,8,12H,4,7,9-11,13H2,(H,21,24)(H,22,26)/t20-/m1/s1. The zero-order valence-electron chi connectivity index (χ0n) is 15.3. The van der Waals surface area contributed by atoms with Crippen LogP contribution in [0.15, 0.2) is 41.8 Å². The number of amides is 4. The molecule has 2 N–H and O–H groups in total. The van der Waals surface area contributed by atoms with Crippen molar-refractivity contribution in [3.63, 3.8) is 0 Å². The summed E-state index contributed by atoms with van der Waals surface area (Å²) >= 11 is 1.60. The summed E-state index contributed by atoms with van der Waals surface area (Å²) in [6, 6.07) is 10.7. The number of para-hydroxylation sites is 1. The van der Waals surface area contributed by atoms with E-state index < -0.39 is 17.5 Å². The highest BCUT2D eigenvalue weighted by Crippen LogP contribution is 2.41. The molecule has 1 aromatic carbocycles. The molecule has 1 aromatic heterocycles. The number of carbonyl (C=O) groups is 3. The van der Waals surface area contributed by atoms with E-state index >= 15 is 0 Å². The second-order valence-corrected chi connectivity index (χ2v) is 7.85. The van der Waals surface area contributed by atoms with Gasteiger partial charge in [-0.05, 0) is 42.8 Å². The van der Waals surface area contributed by atoms with E-state index in [1.165, 1.54) is 0 Å². The van der Waals surface area contributed by atoms with Crippen LogP contribution in [-0.4, -0.2) is 42.4 Å². The van der Waals surface area contributed by atoms with Crippen LogP contribution >= 0.6 is 11.3 Å². The van der Waals surface area contributed by atoms with Crippen molar-refractivity contribution in [2.24, 2.45) is 0 Å². The van der Waals surface area contributed by atoms with E-state index in [0.29, 0.717) is 13.0 Å². The van der Waals surface area contributed by atoms with Crippen LogP contribution in [0.1, 0.15) is 23.3 Å². The molecule has 0 unspecified atom stereocenters. The fourth-order valence-electron chi connectivity index (χ4n) is 3.76. The third-order valence-corrected chi connectivity index (χ3v) is 6.06. The normalized spacial score (nSPS) is 20.8. The lowest BCUT2D eigenvalue weighted by molar-refractivity contribution is -0.135. The highest BCUT2D eigenvalue weighted by molar-refractivity contribution is 7.10. The number of imide groups is 1. The van der Waals surface area contributed by atoms with Crippen molar-refractivity contribution < 1.29 is 19.1 Å². The maximum atomic E-state index is 13.0. The average Bonchev–Trinajstić information content (AvgIpc) is 3.27. The molecule has 2 aromatic rings. The number of rotatable bonds is 6. The van der Waals surface area contributed by atoms with E-state index in [1.807, 2.05) is 41.8 Å². The van der Waals surface area contributed by atoms with E-state index in [2.05, 4.69) is 10.6 Å². The van der Waals surface area contributed by atoms with Gasteiger partial charge in [0.05, 0.1) is 6.54 Å². The number of hydrogen-bond donors (Lipinski definition) is 2. The number of nitrogens with zero attached hydrogens (tertiary/aromatic N) is 1. The summed E-state index contributed by atoms with van der Waals surface area (Å²) < 4.78 is 5.52. The monoisotopic (exact) mass is 399 g/mol. The first kappa shape index (κ1) is 18.5. The first-order valence-corrected chi connectivity index (χ1v) is 10.1. The Labute approximate surface area is 166 Å². The molecule has 28 heavy (non-hydrogen) atoms. The number of benzene rings is 1. The number of fused-ring (bicyclic) bond motifs is 2. The Balaban J connectivity index is 1.33. The lowest BCUT2D eigenvalue weighted by Crippen LogP contribution is -2.47. The van der Waals surface area contributed by atoms with Gasteiger partial charge >= 0.3 is 6.03 Å². The van der Waals surface area contributed by atoms with Gasteiger partial charge in [0.15, 0.2) is 0 Å². The van der Waals surface area contributed by atoms with Gasteiger partial charge in [0, 0.05) is 10.4 Å². The minimum Gasteiger partial charge on any atom is -0.492 e. The third kappa shape index (κ3) is 3.35. The lowest BCUT2D eigenvalue weighted by Gasteiger charge is -2.31. The number of urea groups is 1. The predicted octanol–water partition coefficient (Wildman–Crippen LogP) is 2.03. The Morgan fingerprint density at radius 2 is 2.07 bits per heavy atom. The van der Waals surface area contributed by atoms with E-state index in [0.717, 1.165) is 33.9 Å². The first-order chi connectivity index (χ1) is 13.6. The summed E-state index contributed by atoms with van der Waals surface area (Å²) in [5, 5.41) is 7.48. The molecule has 2 heterocycles. The minimum atomic E-state index is -1.01. The smallest absolute Gasteiger partial charge is 0.325 e.